The van der Waals surface area contributed by atoms with Crippen LogP contribution in [-0.4, -0.2) is 4.57 Å². The van der Waals surface area contributed by atoms with Crippen LogP contribution < -0.4 is 4.90 Å². The van der Waals surface area contributed by atoms with Crippen molar-refractivity contribution in [3.05, 3.63) is 267 Å². The number of nitrogens with zero attached hydrogens (tertiary/aromatic N) is 2. The number of aromatic nitrogens is 1. The lowest BCUT2D eigenvalue weighted by Gasteiger charge is -2.26. The summed E-state index contributed by atoms with van der Waals surface area (Å²) in [6.45, 7) is 0. The second kappa shape index (κ2) is 16.9. The SMILES string of the molecule is c1ccc(-c2ccc(N(c3ccc(-c4ccccc4)cc3)c3ccc(-c4cc(-c5cccc6c5c5ccccc5n6-c5ccccc5)cc5c4oc4c(-c6ccccc6)cccc45)cc3)cc2)cc1. The third kappa shape index (κ3) is 7.08. The minimum atomic E-state index is 0.869. The molecule has 324 valence electrons. The molecular formula is C66H44N2O. The first-order chi connectivity index (χ1) is 34.2. The normalized spacial score (nSPS) is 11.5. The van der Waals surface area contributed by atoms with Crippen LogP contribution in [0, 0.1) is 0 Å². The first-order valence-electron chi connectivity index (χ1n) is 23.6. The Morgan fingerprint density at radius 1 is 0.275 bits per heavy atom. The van der Waals surface area contributed by atoms with E-state index in [4.69, 9.17) is 4.42 Å². The molecule has 69 heavy (non-hydrogen) atoms. The molecule has 0 N–H and O–H groups in total. The summed E-state index contributed by atoms with van der Waals surface area (Å²) in [6, 6.07) is 95.9. The molecule has 2 aromatic heterocycles. The van der Waals surface area contributed by atoms with Gasteiger partial charge in [0, 0.05) is 55.4 Å². The summed E-state index contributed by atoms with van der Waals surface area (Å²) in [5.74, 6) is 0. The van der Waals surface area contributed by atoms with Gasteiger partial charge in [0.1, 0.15) is 11.2 Å². The second-order valence-electron chi connectivity index (χ2n) is 17.6. The third-order valence-corrected chi connectivity index (χ3v) is 13.6. The molecule has 0 saturated carbocycles. The van der Waals surface area contributed by atoms with Crippen LogP contribution in [0.15, 0.2) is 271 Å². The summed E-state index contributed by atoms with van der Waals surface area (Å²) in [5, 5.41) is 4.62. The van der Waals surface area contributed by atoms with Crippen molar-refractivity contribution in [3.63, 3.8) is 0 Å². The molecule has 3 heteroatoms. The topological polar surface area (TPSA) is 21.3 Å². The average molecular weight is 881 g/mol. The molecule has 0 aliphatic heterocycles. The quantitative estimate of drug-likeness (QED) is 0.144. The summed E-state index contributed by atoms with van der Waals surface area (Å²) < 4.78 is 9.52. The molecule has 0 bridgehead atoms. The molecule has 0 aliphatic rings. The molecule has 13 aromatic rings. The number of anilines is 3. The molecule has 13 rings (SSSR count). The van der Waals surface area contributed by atoms with Crippen LogP contribution >= 0.6 is 0 Å². The number of benzene rings is 11. The van der Waals surface area contributed by atoms with Gasteiger partial charge in [0.25, 0.3) is 0 Å². The zero-order chi connectivity index (χ0) is 45.7. The smallest absolute Gasteiger partial charge is 0.143 e. The van der Waals surface area contributed by atoms with Gasteiger partial charge in [0.2, 0.25) is 0 Å². The van der Waals surface area contributed by atoms with Crippen LogP contribution in [0.4, 0.5) is 17.1 Å². The van der Waals surface area contributed by atoms with Gasteiger partial charge in [-0.2, -0.15) is 0 Å². The van der Waals surface area contributed by atoms with Crippen molar-refractivity contribution in [1.82, 2.24) is 4.57 Å². The Morgan fingerprint density at radius 2 is 0.710 bits per heavy atom. The molecule has 11 aromatic carbocycles. The predicted molar refractivity (Wildman–Crippen MR) is 290 cm³/mol. The number of rotatable bonds is 9. The number of hydrogen-bond acceptors (Lipinski definition) is 2. The van der Waals surface area contributed by atoms with Crippen molar-refractivity contribution in [2.24, 2.45) is 0 Å². The molecule has 0 saturated heterocycles. The summed E-state index contributed by atoms with van der Waals surface area (Å²) in [7, 11) is 0. The van der Waals surface area contributed by atoms with Crippen molar-refractivity contribution in [2.45, 2.75) is 0 Å². The van der Waals surface area contributed by atoms with Crippen LogP contribution in [0.1, 0.15) is 0 Å². The Kier molecular flexibility index (Phi) is 9.84. The second-order valence-corrected chi connectivity index (χ2v) is 17.6. The Bertz CT molecular complexity index is 3870. The standard InChI is InChI=1S/C66H44N2O/c1-5-17-45(18-6-1)47-31-37-53(38-32-47)67(54-39-33-48(34-40-54)46-19-7-2-8-20-46)55-41-35-50(36-42-55)60-43-51(44-61-58-28-15-27-57(65(58)69-66(60)61)49-21-9-3-10-22-49)56-26-16-30-63-64(56)59-25-13-14-29-62(59)68(63)52-23-11-4-12-24-52/h1-44H. The van der Waals surface area contributed by atoms with Gasteiger partial charge in [-0.05, 0) is 117 Å². The highest BCUT2D eigenvalue weighted by molar-refractivity contribution is 6.19. The monoisotopic (exact) mass is 880 g/mol. The average Bonchev–Trinajstić information content (AvgIpc) is 3.99. The predicted octanol–water partition coefficient (Wildman–Crippen LogP) is 18.5. The number of furan rings is 1. The van der Waals surface area contributed by atoms with E-state index in [1.165, 1.54) is 49.6 Å². The number of para-hydroxylation sites is 3. The van der Waals surface area contributed by atoms with Crippen molar-refractivity contribution < 1.29 is 4.42 Å². The van der Waals surface area contributed by atoms with E-state index in [0.717, 1.165) is 72.5 Å². The molecule has 3 nitrogen and oxygen atoms in total. The van der Waals surface area contributed by atoms with Gasteiger partial charge in [0.05, 0.1) is 11.0 Å². The molecule has 0 aliphatic carbocycles. The molecule has 0 spiro atoms. The van der Waals surface area contributed by atoms with Crippen LogP contribution in [0.5, 0.6) is 0 Å². The van der Waals surface area contributed by atoms with E-state index in [0.29, 0.717) is 0 Å². The third-order valence-electron chi connectivity index (χ3n) is 13.6. The van der Waals surface area contributed by atoms with Crippen LogP contribution in [0.3, 0.4) is 0 Å². The Morgan fingerprint density at radius 3 is 1.32 bits per heavy atom. The lowest BCUT2D eigenvalue weighted by Crippen LogP contribution is -2.09. The zero-order valence-corrected chi connectivity index (χ0v) is 37.7. The van der Waals surface area contributed by atoms with E-state index in [1.807, 2.05) is 0 Å². The van der Waals surface area contributed by atoms with E-state index in [-0.39, 0.29) is 0 Å². The molecule has 0 amide bonds. The van der Waals surface area contributed by atoms with E-state index in [1.54, 1.807) is 0 Å². The maximum atomic E-state index is 7.13. The van der Waals surface area contributed by atoms with Gasteiger partial charge in [-0.3, -0.25) is 0 Å². The van der Waals surface area contributed by atoms with E-state index < -0.39 is 0 Å². The maximum absolute atomic E-state index is 7.13. The van der Waals surface area contributed by atoms with E-state index in [9.17, 15) is 0 Å². The first kappa shape index (κ1) is 40.1. The fourth-order valence-electron chi connectivity index (χ4n) is 10.3. The van der Waals surface area contributed by atoms with E-state index >= 15 is 0 Å². The van der Waals surface area contributed by atoms with Gasteiger partial charge in [0.15, 0.2) is 0 Å². The van der Waals surface area contributed by atoms with Crippen LogP contribution in [0.2, 0.25) is 0 Å². The summed E-state index contributed by atoms with van der Waals surface area (Å²) in [6.07, 6.45) is 0. The maximum Gasteiger partial charge on any atom is 0.143 e. The highest BCUT2D eigenvalue weighted by Crippen LogP contribution is 2.46. The van der Waals surface area contributed by atoms with Gasteiger partial charge in [-0.25, -0.2) is 0 Å². The van der Waals surface area contributed by atoms with Crippen molar-refractivity contribution >= 4 is 60.8 Å². The molecular weight excluding hydrogens is 837 g/mol. The highest BCUT2D eigenvalue weighted by atomic mass is 16.3. The Labute approximate surface area is 401 Å². The molecule has 0 unspecified atom stereocenters. The molecule has 0 radical (unpaired) electrons. The van der Waals surface area contributed by atoms with Gasteiger partial charge < -0.3 is 13.9 Å². The fraction of sp³-hybridized carbons (Fsp3) is 0. The zero-order valence-electron chi connectivity index (χ0n) is 37.7. The summed E-state index contributed by atoms with van der Waals surface area (Å²) >= 11 is 0. The van der Waals surface area contributed by atoms with Crippen LogP contribution in [0.25, 0.3) is 105 Å². The minimum absolute atomic E-state index is 0.869. The Hall–Kier alpha value is -9.18. The van der Waals surface area contributed by atoms with Crippen LogP contribution in [-0.2, 0) is 0 Å². The van der Waals surface area contributed by atoms with Crippen molar-refractivity contribution in [1.29, 1.82) is 0 Å². The first-order valence-corrected chi connectivity index (χ1v) is 23.6. The van der Waals surface area contributed by atoms with Gasteiger partial charge in [-0.1, -0.05) is 194 Å². The van der Waals surface area contributed by atoms with Crippen molar-refractivity contribution in [3.8, 4) is 61.3 Å². The summed E-state index contributed by atoms with van der Waals surface area (Å²) in [4.78, 5) is 2.34. The van der Waals surface area contributed by atoms with Crippen molar-refractivity contribution in [2.75, 3.05) is 4.90 Å². The number of hydrogen-bond donors (Lipinski definition) is 0. The van der Waals surface area contributed by atoms with Gasteiger partial charge >= 0.3 is 0 Å². The Balaban J connectivity index is 0.993. The minimum Gasteiger partial charge on any atom is -0.455 e. The molecule has 0 fully saturated rings. The lowest BCUT2D eigenvalue weighted by molar-refractivity contribution is 0.671. The lowest BCUT2D eigenvalue weighted by atomic mass is 9.93. The van der Waals surface area contributed by atoms with Gasteiger partial charge in [-0.15, -0.1) is 0 Å². The summed E-state index contributed by atoms with van der Waals surface area (Å²) in [5.41, 5.74) is 19.8. The molecule has 2 heterocycles. The number of fused-ring (bicyclic) bond motifs is 6. The highest BCUT2D eigenvalue weighted by Gasteiger charge is 2.22. The van der Waals surface area contributed by atoms with E-state index in [2.05, 4.69) is 276 Å². The largest absolute Gasteiger partial charge is 0.455 e. The molecule has 0 atom stereocenters. The fourth-order valence-corrected chi connectivity index (χ4v) is 10.3.